The second-order valence-corrected chi connectivity index (χ2v) is 7.65. The van der Waals surface area contributed by atoms with Crippen molar-refractivity contribution in [3.05, 3.63) is 11.2 Å². The van der Waals surface area contributed by atoms with Gasteiger partial charge in [-0.25, -0.2) is 13.4 Å². The van der Waals surface area contributed by atoms with Crippen molar-refractivity contribution >= 4 is 21.4 Å². The van der Waals surface area contributed by atoms with Gasteiger partial charge in [-0.2, -0.15) is 4.31 Å². The van der Waals surface area contributed by atoms with Crippen LogP contribution in [0.2, 0.25) is 0 Å². The average Bonchev–Trinajstić information content (AvgIpc) is 2.62. The smallest absolute Gasteiger partial charge is 0.254 e. The van der Waals surface area contributed by atoms with Gasteiger partial charge in [0, 0.05) is 19.1 Å². The third kappa shape index (κ3) is 2.37. The Bertz CT molecular complexity index is 489. The molecule has 0 spiro atoms. The maximum atomic E-state index is 12.2. The minimum absolute atomic E-state index is 0.336. The molecule has 0 aliphatic carbocycles. The van der Waals surface area contributed by atoms with E-state index in [0.29, 0.717) is 23.3 Å². The summed E-state index contributed by atoms with van der Waals surface area (Å²) in [5, 5.41) is 0.869. The van der Waals surface area contributed by atoms with E-state index in [0.717, 1.165) is 11.4 Å². The molecule has 1 aliphatic heterocycles. The fourth-order valence-electron chi connectivity index (χ4n) is 1.64. The van der Waals surface area contributed by atoms with E-state index in [1.165, 1.54) is 21.8 Å². The average molecular weight is 275 g/mol. The Kier molecular flexibility index (Phi) is 3.53. The highest BCUT2D eigenvalue weighted by Crippen LogP contribution is 2.27. The Morgan fingerprint density at radius 1 is 1.53 bits per heavy atom. The van der Waals surface area contributed by atoms with Gasteiger partial charge in [0.25, 0.3) is 10.0 Å². The molecule has 0 aromatic carbocycles. The molecule has 0 unspecified atom stereocenters. The van der Waals surface area contributed by atoms with Crippen LogP contribution in [-0.2, 0) is 16.4 Å². The third-order valence-corrected chi connectivity index (χ3v) is 6.40. The van der Waals surface area contributed by atoms with Crippen molar-refractivity contribution in [2.75, 3.05) is 27.2 Å². The molecule has 0 N–H and O–H groups in total. The molecule has 0 amide bonds. The molecule has 1 aromatic heterocycles. The van der Waals surface area contributed by atoms with Gasteiger partial charge in [-0.1, -0.05) is 6.92 Å². The molecule has 2 rings (SSSR count). The van der Waals surface area contributed by atoms with Crippen LogP contribution in [0.4, 0.5) is 0 Å². The lowest BCUT2D eigenvalue weighted by Gasteiger charge is -2.41. The van der Waals surface area contributed by atoms with Gasteiger partial charge in [0.1, 0.15) is 0 Å². The zero-order valence-electron chi connectivity index (χ0n) is 10.3. The summed E-state index contributed by atoms with van der Waals surface area (Å²) in [6, 6.07) is 0.336. The van der Waals surface area contributed by atoms with Crippen LogP contribution in [0.1, 0.15) is 11.9 Å². The molecule has 1 saturated heterocycles. The van der Waals surface area contributed by atoms with Gasteiger partial charge in [0.05, 0.1) is 11.2 Å². The van der Waals surface area contributed by atoms with Gasteiger partial charge in [-0.05, 0) is 20.5 Å². The van der Waals surface area contributed by atoms with Crippen molar-refractivity contribution in [1.29, 1.82) is 0 Å². The fourth-order valence-corrected chi connectivity index (χ4v) is 4.43. The maximum Gasteiger partial charge on any atom is 0.254 e. The number of sulfonamides is 1. The zero-order chi connectivity index (χ0) is 12.6. The van der Waals surface area contributed by atoms with Gasteiger partial charge >= 0.3 is 0 Å². The highest BCUT2D eigenvalue weighted by atomic mass is 32.2. The summed E-state index contributed by atoms with van der Waals surface area (Å²) in [6.45, 7) is 3.13. The summed E-state index contributed by atoms with van der Waals surface area (Å²) >= 11 is 1.27. The van der Waals surface area contributed by atoms with Crippen LogP contribution >= 0.6 is 11.3 Å². The van der Waals surface area contributed by atoms with Crippen LogP contribution in [0.15, 0.2) is 10.4 Å². The van der Waals surface area contributed by atoms with E-state index in [2.05, 4.69) is 9.88 Å². The van der Waals surface area contributed by atoms with E-state index in [1.54, 1.807) is 0 Å². The molecule has 2 heterocycles. The Morgan fingerprint density at radius 2 is 2.18 bits per heavy atom. The summed E-state index contributed by atoms with van der Waals surface area (Å²) in [4.78, 5) is 6.15. The van der Waals surface area contributed by atoms with E-state index >= 15 is 0 Å². The molecular weight excluding hydrogens is 258 g/mol. The van der Waals surface area contributed by atoms with E-state index in [9.17, 15) is 8.42 Å². The fraction of sp³-hybridized carbons (Fsp3) is 0.700. The summed E-state index contributed by atoms with van der Waals surface area (Å²) < 4.78 is 26.3. The molecule has 0 radical (unpaired) electrons. The number of aromatic nitrogens is 1. The van der Waals surface area contributed by atoms with Crippen LogP contribution < -0.4 is 0 Å². The lowest BCUT2D eigenvalue weighted by Crippen LogP contribution is -2.58. The van der Waals surface area contributed by atoms with Crippen LogP contribution in [0.25, 0.3) is 0 Å². The molecule has 0 atom stereocenters. The van der Waals surface area contributed by atoms with Gasteiger partial charge in [-0.3, -0.25) is 0 Å². The minimum Gasteiger partial charge on any atom is -0.304 e. The standard InChI is InChI=1S/C10H17N3O2S2/c1-4-9-11-5-10(16-9)17(14,15)13-6-8(7-13)12(2)3/h5,8H,4,6-7H2,1-3H3. The molecule has 7 heteroatoms. The first-order valence-electron chi connectivity index (χ1n) is 5.56. The van der Waals surface area contributed by atoms with Crippen molar-refractivity contribution in [3.63, 3.8) is 0 Å². The number of hydrogen-bond donors (Lipinski definition) is 0. The first-order valence-corrected chi connectivity index (χ1v) is 7.82. The Balaban J connectivity index is 2.10. The lowest BCUT2D eigenvalue weighted by molar-refractivity contribution is 0.134. The van der Waals surface area contributed by atoms with E-state index in [4.69, 9.17) is 0 Å². The summed E-state index contributed by atoms with van der Waals surface area (Å²) in [7, 11) is 0.642. The SMILES string of the molecule is CCc1ncc(S(=O)(=O)N2CC(N(C)C)C2)s1. The normalized spacial score (nSPS) is 18.6. The summed E-state index contributed by atoms with van der Waals surface area (Å²) in [6.07, 6.45) is 2.25. The Labute approximate surface area is 106 Å². The number of aryl methyl sites for hydroxylation is 1. The van der Waals surface area contributed by atoms with Crippen molar-refractivity contribution in [2.24, 2.45) is 0 Å². The molecule has 0 saturated carbocycles. The van der Waals surface area contributed by atoms with Crippen LogP contribution in [0, 0.1) is 0 Å². The molecular formula is C10H17N3O2S2. The largest absolute Gasteiger partial charge is 0.304 e. The monoisotopic (exact) mass is 275 g/mol. The number of hydrogen-bond acceptors (Lipinski definition) is 5. The molecule has 1 fully saturated rings. The van der Waals surface area contributed by atoms with E-state index in [1.807, 2.05) is 21.0 Å². The summed E-state index contributed by atoms with van der Waals surface area (Å²) in [5.74, 6) is 0. The number of thiazole rings is 1. The van der Waals surface area contributed by atoms with Gasteiger partial charge in [0.15, 0.2) is 4.21 Å². The first-order chi connectivity index (χ1) is 7.95. The maximum absolute atomic E-state index is 12.2. The van der Waals surface area contributed by atoms with Crippen molar-refractivity contribution < 1.29 is 8.42 Å². The van der Waals surface area contributed by atoms with Crippen molar-refractivity contribution in [3.8, 4) is 0 Å². The molecule has 0 bridgehead atoms. The van der Waals surface area contributed by atoms with Crippen LogP contribution in [0.5, 0.6) is 0 Å². The van der Waals surface area contributed by atoms with E-state index in [-0.39, 0.29) is 0 Å². The second kappa shape index (κ2) is 4.64. The van der Waals surface area contributed by atoms with E-state index < -0.39 is 10.0 Å². The van der Waals surface area contributed by atoms with Gasteiger partial charge in [-0.15, -0.1) is 11.3 Å². The topological polar surface area (TPSA) is 53.5 Å². The number of nitrogens with zero attached hydrogens (tertiary/aromatic N) is 3. The molecule has 1 aliphatic rings. The highest BCUT2D eigenvalue weighted by Gasteiger charge is 2.38. The second-order valence-electron chi connectivity index (χ2n) is 4.37. The Morgan fingerprint density at radius 3 is 2.65 bits per heavy atom. The quantitative estimate of drug-likeness (QED) is 0.809. The molecule has 96 valence electrons. The molecule has 1 aromatic rings. The van der Waals surface area contributed by atoms with Crippen LogP contribution in [-0.4, -0.2) is 55.8 Å². The van der Waals surface area contributed by atoms with Crippen molar-refractivity contribution in [2.45, 2.75) is 23.6 Å². The minimum atomic E-state index is -3.30. The van der Waals surface area contributed by atoms with Crippen LogP contribution in [0.3, 0.4) is 0 Å². The lowest BCUT2D eigenvalue weighted by atomic mass is 10.2. The predicted octanol–water partition coefficient (Wildman–Crippen LogP) is 0.640. The van der Waals surface area contributed by atoms with Gasteiger partial charge in [0.2, 0.25) is 0 Å². The Hall–Kier alpha value is -0.500. The number of likely N-dealkylation sites (N-methyl/N-ethyl adjacent to an activating group) is 1. The first kappa shape index (κ1) is 12.9. The third-order valence-electron chi connectivity index (χ3n) is 2.99. The predicted molar refractivity (Wildman–Crippen MR) is 67.7 cm³/mol. The molecule has 17 heavy (non-hydrogen) atoms. The van der Waals surface area contributed by atoms with Gasteiger partial charge < -0.3 is 4.90 Å². The summed E-state index contributed by atoms with van der Waals surface area (Å²) in [5.41, 5.74) is 0. The number of rotatable bonds is 4. The zero-order valence-corrected chi connectivity index (χ0v) is 11.9. The molecule has 5 nitrogen and oxygen atoms in total. The highest BCUT2D eigenvalue weighted by molar-refractivity contribution is 7.91. The van der Waals surface area contributed by atoms with Crippen molar-refractivity contribution in [1.82, 2.24) is 14.2 Å².